The van der Waals surface area contributed by atoms with E-state index >= 15 is 0 Å². The van der Waals surface area contributed by atoms with Crippen LogP contribution < -0.4 is 4.74 Å². The number of hydrogen-bond donors (Lipinski definition) is 0. The highest BCUT2D eigenvalue weighted by atomic mass is 16.5. The van der Waals surface area contributed by atoms with Crippen LogP contribution in [-0.4, -0.2) is 29.9 Å². The van der Waals surface area contributed by atoms with Gasteiger partial charge in [0, 0.05) is 12.5 Å². The zero-order valence-electron chi connectivity index (χ0n) is 12.4. The molecule has 1 saturated heterocycles. The highest BCUT2D eigenvalue weighted by Crippen LogP contribution is 2.35. The van der Waals surface area contributed by atoms with E-state index in [4.69, 9.17) is 4.74 Å². The average molecular weight is 287 g/mol. The molecule has 1 aromatic rings. The highest BCUT2D eigenvalue weighted by molar-refractivity contribution is 6.06. The lowest BCUT2D eigenvalue weighted by Crippen LogP contribution is -2.41. The first-order valence-electron chi connectivity index (χ1n) is 7.70. The second kappa shape index (κ2) is 5.88. The maximum absolute atomic E-state index is 12.6. The molecule has 2 amide bonds. The molecule has 4 heteroatoms. The summed E-state index contributed by atoms with van der Waals surface area (Å²) in [4.78, 5) is 26.5. The Balaban J connectivity index is 1.78. The number of carbonyl (C=O) groups excluding carboxylic acids is 2. The van der Waals surface area contributed by atoms with E-state index in [1.807, 2.05) is 24.3 Å². The van der Waals surface area contributed by atoms with Crippen LogP contribution in [0.15, 0.2) is 24.3 Å². The molecule has 0 aromatic heterocycles. The summed E-state index contributed by atoms with van der Waals surface area (Å²) < 4.78 is 5.13. The Bertz CT molecular complexity index is 531. The standard InChI is InChI=1S/C17H21NO3/c1-21-14-9-7-12(8-10-14)15-11-16(19)18(17(15)20)13-5-3-2-4-6-13/h7-10,13,15H,2-6,11H2,1H3/t15-/m0/s1. The predicted octanol–water partition coefficient (Wildman–Crippen LogP) is 2.87. The number of nitrogens with zero attached hydrogens (tertiary/aromatic N) is 1. The summed E-state index contributed by atoms with van der Waals surface area (Å²) in [6.07, 6.45) is 5.69. The van der Waals surface area contributed by atoms with Crippen molar-refractivity contribution in [3.05, 3.63) is 29.8 Å². The molecule has 2 aliphatic rings. The number of hydrogen-bond acceptors (Lipinski definition) is 3. The quantitative estimate of drug-likeness (QED) is 0.803. The van der Waals surface area contributed by atoms with Gasteiger partial charge in [0.15, 0.2) is 0 Å². The molecule has 21 heavy (non-hydrogen) atoms. The van der Waals surface area contributed by atoms with Crippen LogP contribution in [0.25, 0.3) is 0 Å². The molecular formula is C17H21NO3. The summed E-state index contributed by atoms with van der Waals surface area (Å²) in [5.41, 5.74) is 0.910. The number of amides is 2. The smallest absolute Gasteiger partial charge is 0.237 e. The minimum absolute atomic E-state index is 0.00674. The fraction of sp³-hybridized carbons (Fsp3) is 0.529. The second-order valence-electron chi connectivity index (χ2n) is 5.92. The Morgan fingerprint density at radius 2 is 1.71 bits per heavy atom. The Labute approximate surface area is 125 Å². The molecule has 2 fully saturated rings. The minimum Gasteiger partial charge on any atom is -0.497 e. The van der Waals surface area contributed by atoms with Crippen LogP contribution in [0.1, 0.15) is 50.0 Å². The summed E-state index contributed by atoms with van der Waals surface area (Å²) in [6.45, 7) is 0. The van der Waals surface area contributed by atoms with E-state index in [1.165, 1.54) is 6.42 Å². The molecule has 0 radical (unpaired) electrons. The minimum atomic E-state index is -0.315. The molecule has 1 aliphatic carbocycles. The highest BCUT2D eigenvalue weighted by Gasteiger charge is 2.42. The summed E-state index contributed by atoms with van der Waals surface area (Å²) >= 11 is 0. The number of carbonyl (C=O) groups is 2. The Morgan fingerprint density at radius 3 is 2.33 bits per heavy atom. The first kappa shape index (κ1) is 14.1. The zero-order valence-corrected chi connectivity index (χ0v) is 12.4. The van der Waals surface area contributed by atoms with Gasteiger partial charge in [-0.25, -0.2) is 0 Å². The van der Waals surface area contributed by atoms with Crippen LogP contribution in [0, 0.1) is 0 Å². The molecule has 0 unspecified atom stereocenters. The van der Waals surface area contributed by atoms with Crippen molar-refractivity contribution in [3.8, 4) is 5.75 Å². The molecule has 1 atom stereocenters. The van der Waals surface area contributed by atoms with Crippen molar-refractivity contribution < 1.29 is 14.3 Å². The summed E-state index contributed by atoms with van der Waals surface area (Å²) in [5.74, 6) is 0.426. The molecular weight excluding hydrogens is 266 g/mol. The van der Waals surface area contributed by atoms with Gasteiger partial charge in [-0.1, -0.05) is 31.4 Å². The van der Waals surface area contributed by atoms with Crippen molar-refractivity contribution in [3.63, 3.8) is 0 Å². The molecule has 0 N–H and O–H groups in total. The number of imide groups is 1. The normalized spacial score (nSPS) is 23.7. The first-order valence-corrected chi connectivity index (χ1v) is 7.70. The Kier molecular flexibility index (Phi) is 3.95. The van der Waals surface area contributed by atoms with Crippen LogP contribution in [0.3, 0.4) is 0 Å². The van der Waals surface area contributed by atoms with E-state index in [9.17, 15) is 9.59 Å². The fourth-order valence-electron chi connectivity index (χ4n) is 3.47. The third-order valence-electron chi connectivity index (χ3n) is 4.64. The van der Waals surface area contributed by atoms with Gasteiger partial charge in [0.25, 0.3) is 0 Å². The first-order chi connectivity index (χ1) is 10.2. The largest absolute Gasteiger partial charge is 0.497 e. The van der Waals surface area contributed by atoms with Crippen molar-refractivity contribution >= 4 is 11.8 Å². The maximum atomic E-state index is 12.6. The van der Waals surface area contributed by atoms with Crippen LogP contribution in [-0.2, 0) is 9.59 Å². The van der Waals surface area contributed by atoms with E-state index in [0.717, 1.165) is 37.0 Å². The summed E-state index contributed by atoms with van der Waals surface area (Å²) in [6, 6.07) is 7.59. The molecule has 0 spiro atoms. The topological polar surface area (TPSA) is 46.6 Å². The number of rotatable bonds is 3. The van der Waals surface area contributed by atoms with Gasteiger partial charge in [-0.15, -0.1) is 0 Å². The third kappa shape index (κ3) is 2.67. The van der Waals surface area contributed by atoms with Gasteiger partial charge in [-0.05, 0) is 30.5 Å². The van der Waals surface area contributed by atoms with Crippen molar-refractivity contribution in [1.29, 1.82) is 0 Å². The van der Waals surface area contributed by atoms with Crippen LogP contribution in [0.2, 0.25) is 0 Å². The van der Waals surface area contributed by atoms with Crippen LogP contribution in [0.5, 0.6) is 5.75 Å². The number of methoxy groups -OCH3 is 1. The van der Waals surface area contributed by atoms with E-state index in [0.29, 0.717) is 6.42 Å². The average Bonchev–Trinajstić information content (AvgIpc) is 2.83. The van der Waals surface area contributed by atoms with Gasteiger partial charge in [-0.3, -0.25) is 14.5 Å². The van der Waals surface area contributed by atoms with Gasteiger partial charge < -0.3 is 4.74 Å². The second-order valence-corrected chi connectivity index (χ2v) is 5.92. The maximum Gasteiger partial charge on any atom is 0.237 e. The van der Waals surface area contributed by atoms with Gasteiger partial charge in [0.1, 0.15) is 5.75 Å². The predicted molar refractivity (Wildman–Crippen MR) is 79.1 cm³/mol. The van der Waals surface area contributed by atoms with Gasteiger partial charge in [-0.2, -0.15) is 0 Å². The van der Waals surface area contributed by atoms with Crippen molar-refractivity contribution in [2.45, 2.75) is 50.5 Å². The Hall–Kier alpha value is -1.84. The molecule has 1 heterocycles. The van der Waals surface area contributed by atoms with Gasteiger partial charge in [0.2, 0.25) is 11.8 Å². The molecule has 1 saturated carbocycles. The van der Waals surface area contributed by atoms with E-state index < -0.39 is 0 Å². The lowest BCUT2D eigenvalue weighted by atomic mass is 9.94. The van der Waals surface area contributed by atoms with Crippen LogP contribution in [0.4, 0.5) is 0 Å². The molecule has 0 bridgehead atoms. The molecule has 1 aliphatic heterocycles. The summed E-state index contributed by atoms with van der Waals surface area (Å²) in [5, 5.41) is 0. The SMILES string of the molecule is COc1ccc([C@@H]2CC(=O)N(C3CCCCC3)C2=O)cc1. The summed E-state index contributed by atoms with van der Waals surface area (Å²) in [7, 11) is 1.62. The van der Waals surface area contributed by atoms with Gasteiger partial charge in [0.05, 0.1) is 13.0 Å². The Morgan fingerprint density at radius 1 is 1.05 bits per heavy atom. The van der Waals surface area contributed by atoms with Crippen molar-refractivity contribution in [2.24, 2.45) is 0 Å². The lowest BCUT2D eigenvalue weighted by molar-refractivity contribution is -0.142. The fourth-order valence-corrected chi connectivity index (χ4v) is 3.47. The number of benzene rings is 1. The third-order valence-corrected chi connectivity index (χ3v) is 4.64. The monoisotopic (exact) mass is 287 g/mol. The van der Waals surface area contributed by atoms with E-state index in [2.05, 4.69) is 0 Å². The molecule has 1 aromatic carbocycles. The van der Waals surface area contributed by atoms with E-state index in [-0.39, 0.29) is 23.8 Å². The van der Waals surface area contributed by atoms with Crippen LogP contribution >= 0.6 is 0 Å². The van der Waals surface area contributed by atoms with Gasteiger partial charge >= 0.3 is 0 Å². The molecule has 112 valence electrons. The zero-order chi connectivity index (χ0) is 14.8. The van der Waals surface area contributed by atoms with Crippen molar-refractivity contribution in [2.75, 3.05) is 7.11 Å². The van der Waals surface area contributed by atoms with E-state index in [1.54, 1.807) is 12.0 Å². The number of likely N-dealkylation sites (tertiary alicyclic amines) is 1. The number of ether oxygens (including phenoxy) is 1. The molecule has 4 nitrogen and oxygen atoms in total. The van der Waals surface area contributed by atoms with Crippen molar-refractivity contribution in [1.82, 2.24) is 4.90 Å². The molecule has 3 rings (SSSR count). The lowest BCUT2D eigenvalue weighted by Gasteiger charge is -2.29.